The van der Waals surface area contributed by atoms with E-state index in [4.69, 9.17) is 0 Å². The van der Waals surface area contributed by atoms with Crippen molar-refractivity contribution < 1.29 is 14.6 Å². The van der Waals surface area contributed by atoms with Crippen molar-refractivity contribution in [3.05, 3.63) is 71.8 Å². The number of quaternary nitrogens is 2. The van der Waals surface area contributed by atoms with Crippen molar-refractivity contribution in [2.24, 2.45) is 0 Å². The molecule has 1 fully saturated rings. The Morgan fingerprint density at radius 1 is 1.00 bits per heavy atom. The molecule has 3 N–H and O–H groups in total. The molecule has 0 aliphatic carbocycles. The van der Waals surface area contributed by atoms with Crippen LogP contribution in [0.1, 0.15) is 37.3 Å². The maximum atomic E-state index is 12.6. The molecular formula is C25H35N3O+2. The number of hydrogen-bond acceptors (Lipinski definition) is 1. The predicted octanol–water partition coefficient (Wildman–Crippen LogP) is 1.64. The van der Waals surface area contributed by atoms with Crippen LogP contribution >= 0.6 is 0 Å². The number of carbonyl (C=O) groups excluding carboxylic acids is 1. The van der Waals surface area contributed by atoms with E-state index in [0.29, 0.717) is 12.5 Å². The largest absolute Gasteiger partial charge is 0.322 e. The molecular weight excluding hydrogens is 358 g/mol. The van der Waals surface area contributed by atoms with Crippen LogP contribution in [0.5, 0.6) is 0 Å². The fourth-order valence-electron chi connectivity index (χ4n) is 3.95. The van der Waals surface area contributed by atoms with Crippen molar-refractivity contribution in [3.8, 4) is 0 Å². The molecule has 1 aliphatic heterocycles. The van der Waals surface area contributed by atoms with Crippen molar-refractivity contribution in [3.63, 3.8) is 0 Å². The minimum Gasteiger partial charge on any atom is -0.322 e. The number of hydrogen-bond donors (Lipinski definition) is 3. The minimum absolute atomic E-state index is 0.128. The normalized spacial score (nSPS) is 20.5. The van der Waals surface area contributed by atoms with Crippen LogP contribution in [0.2, 0.25) is 0 Å². The maximum absolute atomic E-state index is 12.6. The third kappa shape index (κ3) is 6.55. The Hall–Kier alpha value is -2.43. The number of anilines is 1. The van der Waals surface area contributed by atoms with E-state index in [1.54, 1.807) is 4.90 Å². The van der Waals surface area contributed by atoms with Crippen molar-refractivity contribution >= 4 is 17.7 Å². The molecule has 2 aromatic carbocycles. The van der Waals surface area contributed by atoms with E-state index in [1.165, 1.54) is 16.0 Å². The first-order chi connectivity index (χ1) is 14.2. The highest BCUT2D eigenvalue weighted by atomic mass is 16.2. The van der Waals surface area contributed by atoms with Gasteiger partial charge in [0.05, 0.1) is 6.54 Å². The molecule has 1 amide bonds. The van der Waals surface area contributed by atoms with Gasteiger partial charge in [0.15, 0.2) is 6.54 Å². The molecule has 0 spiro atoms. The van der Waals surface area contributed by atoms with Crippen LogP contribution in [0.25, 0.3) is 6.08 Å². The van der Waals surface area contributed by atoms with Crippen LogP contribution in [0.4, 0.5) is 5.69 Å². The lowest BCUT2D eigenvalue weighted by molar-refractivity contribution is -1.01. The zero-order valence-electron chi connectivity index (χ0n) is 17.8. The molecule has 29 heavy (non-hydrogen) atoms. The lowest BCUT2D eigenvalue weighted by atomic mass is 9.97. The average Bonchev–Trinajstić information content (AvgIpc) is 2.75. The van der Waals surface area contributed by atoms with Gasteiger partial charge < -0.3 is 15.1 Å². The molecule has 0 bridgehead atoms. The van der Waals surface area contributed by atoms with Crippen LogP contribution in [-0.4, -0.2) is 45.2 Å². The number of carbonyl (C=O) groups is 1. The van der Waals surface area contributed by atoms with Crippen LogP contribution in [-0.2, 0) is 4.79 Å². The molecule has 1 saturated heterocycles. The summed E-state index contributed by atoms with van der Waals surface area (Å²) >= 11 is 0. The summed E-state index contributed by atoms with van der Waals surface area (Å²) in [7, 11) is 0. The molecule has 2 aromatic rings. The Bertz CT molecular complexity index is 795. The van der Waals surface area contributed by atoms with Crippen molar-refractivity contribution in [1.29, 1.82) is 0 Å². The van der Waals surface area contributed by atoms with E-state index in [1.807, 2.05) is 18.2 Å². The third-order valence-electron chi connectivity index (χ3n) is 5.97. The number of nitrogens with one attached hydrogen (secondary N) is 3. The summed E-state index contributed by atoms with van der Waals surface area (Å²) in [6, 6.07) is 18.7. The van der Waals surface area contributed by atoms with Gasteiger partial charge in [0.2, 0.25) is 0 Å². The Kier molecular flexibility index (Phi) is 8.03. The summed E-state index contributed by atoms with van der Waals surface area (Å²) in [5.74, 6) is 0.582. The quantitative estimate of drug-likeness (QED) is 0.627. The lowest BCUT2D eigenvalue weighted by Crippen LogP contribution is -3.28. The molecule has 0 aromatic heterocycles. The van der Waals surface area contributed by atoms with E-state index < -0.39 is 0 Å². The second-order valence-electron chi connectivity index (χ2n) is 8.14. The fraction of sp³-hybridized carbons (Fsp3) is 0.400. The number of piperazine rings is 1. The van der Waals surface area contributed by atoms with E-state index in [-0.39, 0.29) is 5.91 Å². The third-order valence-corrected chi connectivity index (χ3v) is 5.97. The van der Waals surface area contributed by atoms with Gasteiger partial charge in [-0.1, -0.05) is 68.5 Å². The van der Waals surface area contributed by atoms with Crippen molar-refractivity contribution in [2.75, 3.05) is 44.6 Å². The SMILES string of the molecule is CC[C@@H](C)c1ccccc1NC(=O)C[NH+]1CC[NH+](C/C=C/c2ccccc2)CC1. The Labute approximate surface area is 175 Å². The molecule has 1 atom stereocenters. The highest BCUT2D eigenvalue weighted by Gasteiger charge is 2.24. The number of rotatable bonds is 8. The summed E-state index contributed by atoms with van der Waals surface area (Å²) in [5, 5.41) is 3.16. The minimum atomic E-state index is 0.128. The molecule has 3 rings (SSSR count). The standard InChI is InChI=1S/C25H33N3O/c1-3-21(2)23-13-7-8-14-24(23)26-25(29)20-28-18-16-27(17-19-28)15-9-12-22-10-5-4-6-11-22/h4-14,21H,3,15-20H2,1-2H3,(H,26,29)/p+2/b12-9+/t21-/m1/s1. The van der Waals surface area contributed by atoms with Gasteiger partial charge in [-0.2, -0.15) is 0 Å². The molecule has 0 unspecified atom stereocenters. The molecule has 4 nitrogen and oxygen atoms in total. The average molecular weight is 394 g/mol. The first-order valence-electron chi connectivity index (χ1n) is 10.9. The lowest BCUT2D eigenvalue weighted by Gasteiger charge is -2.28. The van der Waals surface area contributed by atoms with Crippen molar-refractivity contribution in [1.82, 2.24) is 0 Å². The maximum Gasteiger partial charge on any atom is 0.279 e. The van der Waals surface area contributed by atoms with E-state index in [0.717, 1.165) is 44.8 Å². The number of para-hydroxylation sites is 1. The van der Waals surface area contributed by atoms with E-state index >= 15 is 0 Å². The van der Waals surface area contributed by atoms with E-state index in [2.05, 4.69) is 67.7 Å². The summed E-state index contributed by atoms with van der Waals surface area (Å²) < 4.78 is 0. The first kappa shape index (κ1) is 21.3. The second-order valence-corrected chi connectivity index (χ2v) is 8.14. The Morgan fingerprint density at radius 3 is 2.38 bits per heavy atom. The molecule has 1 aliphatic rings. The summed E-state index contributed by atoms with van der Waals surface area (Å²) in [6.07, 6.45) is 5.55. The number of benzene rings is 2. The summed E-state index contributed by atoms with van der Waals surface area (Å²) in [4.78, 5) is 15.6. The Balaban J connectivity index is 1.43. The van der Waals surface area contributed by atoms with E-state index in [9.17, 15) is 4.79 Å². The zero-order chi connectivity index (χ0) is 20.5. The van der Waals surface area contributed by atoms with Crippen LogP contribution in [0.15, 0.2) is 60.7 Å². The van der Waals surface area contributed by atoms with Gasteiger partial charge in [-0.25, -0.2) is 0 Å². The first-order valence-corrected chi connectivity index (χ1v) is 10.9. The van der Waals surface area contributed by atoms with Gasteiger partial charge in [-0.3, -0.25) is 4.79 Å². The molecule has 154 valence electrons. The monoisotopic (exact) mass is 393 g/mol. The highest BCUT2D eigenvalue weighted by Crippen LogP contribution is 2.26. The highest BCUT2D eigenvalue weighted by molar-refractivity contribution is 5.92. The molecule has 4 heteroatoms. The fourth-order valence-corrected chi connectivity index (χ4v) is 3.95. The smallest absolute Gasteiger partial charge is 0.279 e. The van der Waals surface area contributed by atoms with Gasteiger partial charge in [-0.15, -0.1) is 0 Å². The summed E-state index contributed by atoms with van der Waals surface area (Å²) in [5.41, 5.74) is 3.46. The van der Waals surface area contributed by atoms with Gasteiger partial charge in [0.25, 0.3) is 5.91 Å². The second kappa shape index (κ2) is 10.9. The number of amides is 1. The predicted molar refractivity (Wildman–Crippen MR) is 120 cm³/mol. The zero-order valence-corrected chi connectivity index (χ0v) is 17.8. The van der Waals surface area contributed by atoms with Gasteiger partial charge >= 0.3 is 0 Å². The molecule has 0 radical (unpaired) electrons. The van der Waals surface area contributed by atoms with Gasteiger partial charge in [0.1, 0.15) is 26.2 Å². The van der Waals surface area contributed by atoms with Crippen molar-refractivity contribution in [2.45, 2.75) is 26.2 Å². The Morgan fingerprint density at radius 2 is 1.66 bits per heavy atom. The van der Waals surface area contributed by atoms with Crippen LogP contribution in [0.3, 0.4) is 0 Å². The van der Waals surface area contributed by atoms with Gasteiger partial charge in [0, 0.05) is 5.69 Å². The summed E-state index contributed by atoms with van der Waals surface area (Å²) in [6.45, 7) is 10.3. The van der Waals surface area contributed by atoms with Gasteiger partial charge in [-0.05, 0) is 35.6 Å². The topological polar surface area (TPSA) is 38.0 Å². The molecule has 1 heterocycles. The van der Waals surface area contributed by atoms with Crippen LogP contribution in [0, 0.1) is 0 Å². The molecule has 0 saturated carbocycles. The van der Waals surface area contributed by atoms with Crippen LogP contribution < -0.4 is 15.1 Å².